The molecule has 1 heterocycles. The number of pyridine rings is 1. The van der Waals surface area contributed by atoms with Gasteiger partial charge in [0.15, 0.2) is 0 Å². The smallest absolute Gasteiger partial charge is 0.250 e. The van der Waals surface area contributed by atoms with Gasteiger partial charge in [-0.1, -0.05) is 13.0 Å². The second-order valence-electron chi connectivity index (χ2n) is 3.87. The second kappa shape index (κ2) is 6.85. The Morgan fingerprint density at radius 1 is 1.53 bits per heavy atom. The van der Waals surface area contributed by atoms with Crippen LogP contribution in [0.3, 0.4) is 0 Å². The van der Waals surface area contributed by atoms with Crippen molar-refractivity contribution in [3.63, 3.8) is 0 Å². The minimum absolute atomic E-state index is 0.0158. The summed E-state index contributed by atoms with van der Waals surface area (Å²) in [6.07, 6.45) is 2.40. The number of aliphatic hydroxyl groups is 1. The monoisotopic (exact) mass is 238 g/mol. The lowest BCUT2D eigenvalue weighted by atomic mass is 10.2. The third-order valence-electron chi connectivity index (χ3n) is 2.48. The molecule has 0 aliphatic rings. The van der Waals surface area contributed by atoms with Gasteiger partial charge in [0.1, 0.15) is 6.54 Å². The SMILES string of the molecule is CCC(O)CCNC(=O)Cn1ccccc1=O. The Kier molecular flexibility index (Phi) is 5.42. The summed E-state index contributed by atoms with van der Waals surface area (Å²) in [7, 11) is 0. The normalized spacial score (nSPS) is 12.1. The molecule has 94 valence electrons. The standard InChI is InChI=1S/C12H18N2O3/c1-2-10(15)6-7-13-11(16)9-14-8-4-3-5-12(14)17/h3-5,8,10,15H,2,6-7,9H2,1H3,(H,13,16). The number of nitrogens with zero attached hydrogens (tertiary/aromatic N) is 1. The second-order valence-corrected chi connectivity index (χ2v) is 3.87. The van der Waals surface area contributed by atoms with Crippen molar-refractivity contribution >= 4 is 5.91 Å². The third kappa shape index (κ3) is 4.82. The first kappa shape index (κ1) is 13.4. The highest BCUT2D eigenvalue weighted by molar-refractivity contribution is 5.75. The lowest BCUT2D eigenvalue weighted by Gasteiger charge is -2.09. The fourth-order valence-electron chi connectivity index (χ4n) is 1.38. The molecule has 2 N–H and O–H groups in total. The van der Waals surface area contributed by atoms with Crippen LogP contribution in [0.15, 0.2) is 29.2 Å². The molecule has 0 spiro atoms. The quantitative estimate of drug-likeness (QED) is 0.739. The van der Waals surface area contributed by atoms with Crippen molar-refractivity contribution in [3.05, 3.63) is 34.7 Å². The summed E-state index contributed by atoms with van der Waals surface area (Å²) in [6, 6.07) is 4.75. The molecule has 1 amide bonds. The first-order chi connectivity index (χ1) is 8.13. The molecule has 1 aromatic rings. The fraction of sp³-hybridized carbons (Fsp3) is 0.500. The summed E-state index contributed by atoms with van der Waals surface area (Å²) in [5.41, 5.74) is -0.198. The Hall–Kier alpha value is -1.62. The van der Waals surface area contributed by atoms with E-state index in [1.807, 2.05) is 6.92 Å². The highest BCUT2D eigenvalue weighted by atomic mass is 16.3. The number of rotatable bonds is 6. The van der Waals surface area contributed by atoms with E-state index in [1.165, 1.54) is 10.6 Å². The highest BCUT2D eigenvalue weighted by Crippen LogP contribution is 1.94. The van der Waals surface area contributed by atoms with Crippen LogP contribution in [-0.4, -0.2) is 28.2 Å². The average molecular weight is 238 g/mol. The van der Waals surface area contributed by atoms with E-state index in [0.717, 1.165) is 0 Å². The Labute approximate surface area is 100 Å². The molecule has 0 bridgehead atoms. The zero-order valence-corrected chi connectivity index (χ0v) is 9.93. The Bertz CT molecular complexity index is 414. The van der Waals surface area contributed by atoms with Crippen LogP contribution >= 0.6 is 0 Å². The number of amides is 1. The molecule has 17 heavy (non-hydrogen) atoms. The Morgan fingerprint density at radius 3 is 2.94 bits per heavy atom. The molecule has 1 atom stereocenters. The maximum Gasteiger partial charge on any atom is 0.250 e. The van der Waals surface area contributed by atoms with Crippen LogP contribution in [-0.2, 0) is 11.3 Å². The van der Waals surface area contributed by atoms with E-state index in [0.29, 0.717) is 19.4 Å². The molecule has 1 aromatic heterocycles. The van der Waals surface area contributed by atoms with Gasteiger partial charge < -0.3 is 15.0 Å². The molecule has 0 aromatic carbocycles. The topological polar surface area (TPSA) is 71.3 Å². The molecule has 0 aliphatic heterocycles. The number of nitrogens with one attached hydrogen (secondary N) is 1. The zero-order chi connectivity index (χ0) is 12.7. The number of hydrogen-bond acceptors (Lipinski definition) is 3. The molecule has 5 nitrogen and oxygen atoms in total. The summed E-state index contributed by atoms with van der Waals surface area (Å²) in [4.78, 5) is 22.8. The van der Waals surface area contributed by atoms with E-state index in [2.05, 4.69) is 5.32 Å². The van der Waals surface area contributed by atoms with Crippen molar-refractivity contribution < 1.29 is 9.90 Å². The van der Waals surface area contributed by atoms with E-state index >= 15 is 0 Å². The summed E-state index contributed by atoms with van der Waals surface area (Å²) < 4.78 is 1.34. The predicted octanol–water partition coefficient (Wildman–Crippen LogP) is 0.125. The number of aliphatic hydroxyl groups excluding tert-OH is 1. The molecule has 0 aliphatic carbocycles. The molecule has 0 fully saturated rings. The van der Waals surface area contributed by atoms with Crippen molar-refractivity contribution in [2.24, 2.45) is 0 Å². The van der Waals surface area contributed by atoms with E-state index < -0.39 is 0 Å². The number of aromatic nitrogens is 1. The van der Waals surface area contributed by atoms with Crippen molar-refractivity contribution in [1.82, 2.24) is 9.88 Å². The van der Waals surface area contributed by atoms with Crippen molar-refractivity contribution in [2.75, 3.05) is 6.54 Å². The first-order valence-electron chi connectivity index (χ1n) is 5.73. The van der Waals surface area contributed by atoms with Gasteiger partial charge in [0.05, 0.1) is 6.10 Å². The largest absolute Gasteiger partial charge is 0.393 e. The van der Waals surface area contributed by atoms with Crippen LogP contribution < -0.4 is 10.9 Å². The summed E-state index contributed by atoms with van der Waals surface area (Å²) in [5, 5.41) is 12.0. The van der Waals surface area contributed by atoms with Crippen molar-refractivity contribution in [3.8, 4) is 0 Å². The first-order valence-corrected chi connectivity index (χ1v) is 5.73. The van der Waals surface area contributed by atoms with E-state index in [-0.39, 0.29) is 24.1 Å². The van der Waals surface area contributed by atoms with Gasteiger partial charge in [-0.3, -0.25) is 9.59 Å². The van der Waals surface area contributed by atoms with Gasteiger partial charge in [-0.25, -0.2) is 0 Å². The zero-order valence-electron chi connectivity index (χ0n) is 9.93. The summed E-state index contributed by atoms with van der Waals surface area (Å²) in [5.74, 6) is -0.221. The van der Waals surface area contributed by atoms with Gasteiger partial charge >= 0.3 is 0 Å². The van der Waals surface area contributed by atoms with Gasteiger partial charge in [0, 0.05) is 18.8 Å². The minimum atomic E-state index is -0.380. The van der Waals surface area contributed by atoms with Gasteiger partial charge in [-0.15, -0.1) is 0 Å². The van der Waals surface area contributed by atoms with Gasteiger partial charge in [0.25, 0.3) is 5.56 Å². The molecule has 1 rings (SSSR count). The van der Waals surface area contributed by atoms with E-state index in [9.17, 15) is 14.7 Å². The maximum absolute atomic E-state index is 11.5. The maximum atomic E-state index is 11.5. The fourth-order valence-corrected chi connectivity index (χ4v) is 1.38. The van der Waals surface area contributed by atoms with Crippen LogP contribution in [0.25, 0.3) is 0 Å². The van der Waals surface area contributed by atoms with Crippen molar-refractivity contribution in [2.45, 2.75) is 32.4 Å². The summed E-state index contributed by atoms with van der Waals surface area (Å²) >= 11 is 0. The van der Waals surface area contributed by atoms with Gasteiger partial charge in [0.2, 0.25) is 5.91 Å². The molecule has 0 radical (unpaired) electrons. The van der Waals surface area contributed by atoms with Crippen LogP contribution in [0.5, 0.6) is 0 Å². The minimum Gasteiger partial charge on any atom is -0.393 e. The van der Waals surface area contributed by atoms with Crippen LogP contribution in [0, 0.1) is 0 Å². The van der Waals surface area contributed by atoms with Crippen LogP contribution in [0.1, 0.15) is 19.8 Å². The molecule has 5 heteroatoms. The number of carbonyl (C=O) groups is 1. The lowest BCUT2D eigenvalue weighted by molar-refractivity contribution is -0.121. The molecule has 1 unspecified atom stereocenters. The van der Waals surface area contributed by atoms with Gasteiger partial charge in [-0.2, -0.15) is 0 Å². The van der Waals surface area contributed by atoms with Crippen molar-refractivity contribution in [1.29, 1.82) is 0 Å². The number of carbonyl (C=O) groups excluding carboxylic acids is 1. The number of hydrogen-bond donors (Lipinski definition) is 2. The van der Waals surface area contributed by atoms with E-state index in [1.54, 1.807) is 18.3 Å². The average Bonchev–Trinajstić information content (AvgIpc) is 2.32. The van der Waals surface area contributed by atoms with Gasteiger partial charge in [-0.05, 0) is 18.9 Å². The van der Waals surface area contributed by atoms with Crippen LogP contribution in [0.2, 0.25) is 0 Å². The molecule has 0 saturated heterocycles. The third-order valence-corrected chi connectivity index (χ3v) is 2.48. The molecule has 0 saturated carbocycles. The van der Waals surface area contributed by atoms with E-state index in [4.69, 9.17) is 0 Å². The molecular weight excluding hydrogens is 220 g/mol. The molecular formula is C12H18N2O3. The Morgan fingerprint density at radius 2 is 2.29 bits per heavy atom. The van der Waals surface area contributed by atoms with Crippen LogP contribution in [0.4, 0.5) is 0 Å². The lowest BCUT2D eigenvalue weighted by Crippen LogP contribution is -2.33. The highest BCUT2D eigenvalue weighted by Gasteiger charge is 2.05. The predicted molar refractivity (Wildman–Crippen MR) is 64.6 cm³/mol. The summed E-state index contributed by atoms with van der Waals surface area (Å²) in [6.45, 7) is 2.33. The Balaban J connectivity index is 2.35.